The fourth-order valence-corrected chi connectivity index (χ4v) is 2.70. The Morgan fingerprint density at radius 3 is 2.14 bits per heavy atom. The molecular weight excluding hydrogens is 368 g/mol. The summed E-state index contributed by atoms with van der Waals surface area (Å²) in [6, 6.07) is 20.8. The largest absolute Gasteiger partial charge is 0.489 e. The van der Waals surface area contributed by atoms with Crippen LogP contribution in [0.25, 0.3) is 0 Å². The van der Waals surface area contributed by atoms with Crippen molar-refractivity contribution in [3.63, 3.8) is 0 Å². The van der Waals surface area contributed by atoms with Gasteiger partial charge >= 0.3 is 5.97 Å². The van der Waals surface area contributed by atoms with Gasteiger partial charge in [0.25, 0.3) is 5.91 Å². The molecule has 6 heteroatoms. The lowest BCUT2D eigenvalue weighted by Gasteiger charge is -2.17. The third kappa shape index (κ3) is 5.35. The predicted octanol–water partition coefficient (Wildman–Crippen LogP) is 5.17. The number of carboxylic acid groups (broad SMARTS) is 1. The van der Waals surface area contributed by atoms with Crippen LogP contribution >= 0.6 is 0 Å². The fraction of sp³-hybridized carbons (Fsp3) is 0.130. The highest BCUT2D eigenvalue weighted by molar-refractivity contribution is 6.05. The van der Waals surface area contributed by atoms with Gasteiger partial charge in [-0.15, -0.1) is 0 Å². The van der Waals surface area contributed by atoms with Crippen LogP contribution in [0.5, 0.6) is 5.75 Å². The molecule has 0 atom stereocenters. The first-order chi connectivity index (χ1) is 13.9. The average molecular weight is 390 g/mol. The van der Waals surface area contributed by atoms with Crippen LogP contribution < -0.4 is 15.4 Å². The van der Waals surface area contributed by atoms with E-state index in [1.165, 1.54) is 12.1 Å². The van der Waals surface area contributed by atoms with Gasteiger partial charge in [0.2, 0.25) is 0 Å². The second kappa shape index (κ2) is 8.93. The van der Waals surface area contributed by atoms with Crippen molar-refractivity contribution >= 4 is 28.9 Å². The van der Waals surface area contributed by atoms with Crippen molar-refractivity contribution in [2.45, 2.75) is 20.0 Å². The number of aromatic carboxylic acids is 1. The standard InChI is InChI=1S/C23H22N2O4/c1-15(2)29-21-14-19(24-18-10-8-17(9-11-18)23(27)28)12-13-20(21)25-22(26)16-6-4-3-5-7-16/h3-15,24H,1-2H3,(H,25,26)(H,27,28). The van der Waals surface area contributed by atoms with E-state index in [9.17, 15) is 9.59 Å². The van der Waals surface area contributed by atoms with Gasteiger partial charge in [0.1, 0.15) is 5.75 Å². The van der Waals surface area contributed by atoms with Crippen LogP contribution in [-0.4, -0.2) is 23.1 Å². The SMILES string of the molecule is CC(C)Oc1cc(Nc2ccc(C(=O)O)cc2)ccc1NC(=O)c1ccccc1. The van der Waals surface area contributed by atoms with E-state index in [1.807, 2.05) is 38.1 Å². The Bertz CT molecular complexity index is 999. The highest BCUT2D eigenvalue weighted by atomic mass is 16.5. The molecular formula is C23H22N2O4. The van der Waals surface area contributed by atoms with Crippen LogP contribution in [-0.2, 0) is 0 Å². The monoisotopic (exact) mass is 390 g/mol. The minimum absolute atomic E-state index is 0.0764. The molecule has 0 unspecified atom stereocenters. The van der Waals surface area contributed by atoms with E-state index in [2.05, 4.69) is 10.6 Å². The molecule has 3 aromatic carbocycles. The van der Waals surface area contributed by atoms with Crippen LogP contribution in [0.15, 0.2) is 72.8 Å². The smallest absolute Gasteiger partial charge is 0.335 e. The van der Waals surface area contributed by atoms with Gasteiger partial charge in [-0.2, -0.15) is 0 Å². The van der Waals surface area contributed by atoms with Crippen molar-refractivity contribution in [1.29, 1.82) is 0 Å². The normalized spacial score (nSPS) is 10.4. The summed E-state index contributed by atoms with van der Waals surface area (Å²) in [5.74, 6) is -0.650. The first kappa shape index (κ1) is 19.9. The lowest BCUT2D eigenvalue weighted by molar-refractivity contribution is 0.0696. The van der Waals surface area contributed by atoms with E-state index in [0.717, 1.165) is 11.4 Å². The molecule has 0 fully saturated rings. The molecule has 3 N–H and O–H groups in total. The molecule has 0 aliphatic heterocycles. The third-order valence-corrected chi connectivity index (χ3v) is 4.05. The molecule has 0 spiro atoms. The number of ether oxygens (including phenoxy) is 1. The van der Waals surface area contributed by atoms with Crippen molar-refractivity contribution in [3.05, 3.63) is 83.9 Å². The van der Waals surface area contributed by atoms with Gasteiger partial charge in [0.05, 0.1) is 17.4 Å². The Labute approximate surface area is 169 Å². The van der Waals surface area contributed by atoms with Crippen molar-refractivity contribution in [1.82, 2.24) is 0 Å². The van der Waals surface area contributed by atoms with Crippen LogP contribution in [0, 0.1) is 0 Å². The first-order valence-corrected chi connectivity index (χ1v) is 9.20. The van der Waals surface area contributed by atoms with Crippen molar-refractivity contribution < 1.29 is 19.4 Å². The molecule has 0 aliphatic rings. The number of rotatable bonds is 7. The molecule has 6 nitrogen and oxygen atoms in total. The zero-order chi connectivity index (χ0) is 20.8. The summed E-state index contributed by atoms with van der Waals surface area (Å²) in [5, 5.41) is 15.1. The minimum atomic E-state index is -0.970. The Morgan fingerprint density at radius 1 is 0.862 bits per heavy atom. The number of carboxylic acids is 1. The lowest BCUT2D eigenvalue weighted by atomic mass is 10.2. The van der Waals surface area contributed by atoms with Gasteiger partial charge in [0, 0.05) is 23.0 Å². The van der Waals surface area contributed by atoms with E-state index in [0.29, 0.717) is 17.0 Å². The summed E-state index contributed by atoms with van der Waals surface area (Å²) in [7, 11) is 0. The maximum absolute atomic E-state index is 12.5. The number of amides is 1. The van der Waals surface area contributed by atoms with Crippen LogP contribution in [0.4, 0.5) is 17.1 Å². The van der Waals surface area contributed by atoms with E-state index in [4.69, 9.17) is 9.84 Å². The fourth-order valence-electron chi connectivity index (χ4n) is 2.70. The summed E-state index contributed by atoms with van der Waals surface area (Å²) < 4.78 is 5.88. The number of nitrogens with one attached hydrogen (secondary N) is 2. The number of benzene rings is 3. The molecule has 3 aromatic rings. The molecule has 3 rings (SSSR count). The zero-order valence-corrected chi connectivity index (χ0v) is 16.2. The predicted molar refractivity (Wildman–Crippen MR) is 113 cm³/mol. The first-order valence-electron chi connectivity index (χ1n) is 9.20. The van der Waals surface area contributed by atoms with E-state index in [-0.39, 0.29) is 17.6 Å². The van der Waals surface area contributed by atoms with Crippen LogP contribution in [0.1, 0.15) is 34.6 Å². The Balaban J connectivity index is 1.81. The van der Waals surface area contributed by atoms with Crippen molar-refractivity contribution in [3.8, 4) is 5.75 Å². The number of carbonyl (C=O) groups is 2. The number of anilines is 3. The van der Waals surface area contributed by atoms with E-state index >= 15 is 0 Å². The van der Waals surface area contributed by atoms with E-state index < -0.39 is 5.97 Å². The summed E-state index contributed by atoms with van der Waals surface area (Å²) in [6.45, 7) is 3.82. The highest BCUT2D eigenvalue weighted by Crippen LogP contribution is 2.31. The van der Waals surface area contributed by atoms with Gasteiger partial charge in [-0.3, -0.25) is 4.79 Å². The molecule has 29 heavy (non-hydrogen) atoms. The van der Waals surface area contributed by atoms with Crippen molar-refractivity contribution in [2.75, 3.05) is 10.6 Å². The topological polar surface area (TPSA) is 87.7 Å². The molecule has 0 saturated carbocycles. The third-order valence-electron chi connectivity index (χ3n) is 4.05. The number of carbonyl (C=O) groups excluding carboxylic acids is 1. The van der Waals surface area contributed by atoms with Gasteiger partial charge in [-0.05, 0) is 62.4 Å². The lowest BCUT2D eigenvalue weighted by Crippen LogP contribution is -2.14. The Kier molecular flexibility index (Phi) is 6.14. The Hall–Kier alpha value is -3.80. The van der Waals surface area contributed by atoms with Crippen molar-refractivity contribution in [2.24, 2.45) is 0 Å². The molecule has 1 amide bonds. The van der Waals surface area contributed by atoms with Gasteiger partial charge in [0.15, 0.2) is 0 Å². The molecule has 148 valence electrons. The van der Waals surface area contributed by atoms with Gasteiger partial charge < -0.3 is 20.5 Å². The van der Waals surface area contributed by atoms with Crippen LogP contribution in [0.2, 0.25) is 0 Å². The maximum atomic E-state index is 12.5. The summed E-state index contributed by atoms with van der Waals surface area (Å²) in [4.78, 5) is 23.5. The molecule has 0 aliphatic carbocycles. The van der Waals surface area contributed by atoms with Gasteiger partial charge in [-0.25, -0.2) is 4.79 Å². The molecule has 0 heterocycles. The molecule has 0 saturated heterocycles. The average Bonchev–Trinajstić information content (AvgIpc) is 2.70. The number of hydrogen-bond donors (Lipinski definition) is 3. The maximum Gasteiger partial charge on any atom is 0.335 e. The molecule has 0 radical (unpaired) electrons. The van der Waals surface area contributed by atoms with E-state index in [1.54, 1.807) is 36.4 Å². The van der Waals surface area contributed by atoms with Gasteiger partial charge in [-0.1, -0.05) is 18.2 Å². The summed E-state index contributed by atoms with van der Waals surface area (Å²) in [5.41, 5.74) is 2.84. The molecule has 0 aromatic heterocycles. The summed E-state index contributed by atoms with van der Waals surface area (Å²) in [6.07, 6.45) is -0.0764. The second-order valence-electron chi connectivity index (χ2n) is 6.71. The second-order valence-corrected chi connectivity index (χ2v) is 6.71. The minimum Gasteiger partial charge on any atom is -0.489 e. The highest BCUT2D eigenvalue weighted by Gasteiger charge is 2.12. The molecule has 0 bridgehead atoms. The quantitative estimate of drug-likeness (QED) is 0.518. The zero-order valence-electron chi connectivity index (χ0n) is 16.2. The summed E-state index contributed by atoms with van der Waals surface area (Å²) >= 11 is 0. The number of hydrogen-bond acceptors (Lipinski definition) is 4. The Morgan fingerprint density at radius 2 is 1.52 bits per heavy atom. The van der Waals surface area contributed by atoms with Crippen LogP contribution in [0.3, 0.4) is 0 Å².